The predicted octanol–water partition coefficient (Wildman–Crippen LogP) is 2.87. The van der Waals surface area contributed by atoms with Gasteiger partial charge in [0.2, 0.25) is 11.8 Å². The number of amides is 2. The Morgan fingerprint density at radius 3 is 2.47 bits per heavy atom. The first-order valence-corrected chi connectivity index (χ1v) is 6.81. The van der Waals surface area contributed by atoms with Gasteiger partial charge in [0.05, 0.1) is 5.92 Å². The van der Waals surface area contributed by atoms with Crippen LogP contribution in [0.5, 0.6) is 0 Å². The number of carbonyl (C=O) groups excluding carboxylic acids is 2. The maximum atomic E-state index is 12.3. The second-order valence-electron chi connectivity index (χ2n) is 6.18. The number of rotatable bonds is 3. The van der Waals surface area contributed by atoms with E-state index in [1.54, 1.807) is 0 Å². The molecule has 3 nitrogen and oxygen atoms in total. The average Bonchev–Trinajstić information content (AvgIpc) is 2.27. The Labute approximate surface area is 114 Å². The van der Waals surface area contributed by atoms with E-state index in [0.29, 0.717) is 12.3 Å². The summed E-state index contributed by atoms with van der Waals surface area (Å²) in [5.41, 5.74) is 0.699. The molecule has 1 aliphatic rings. The quantitative estimate of drug-likeness (QED) is 0.848. The Kier molecular flexibility index (Phi) is 3.74. The van der Waals surface area contributed by atoms with Gasteiger partial charge in [-0.2, -0.15) is 0 Å². The van der Waals surface area contributed by atoms with Gasteiger partial charge in [-0.3, -0.25) is 14.9 Å². The lowest BCUT2D eigenvalue weighted by molar-refractivity contribution is -0.140. The predicted molar refractivity (Wildman–Crippen MR) is 74.5 cm³/mol. The fourth-order valence-corrected chi connectivity index (χ4v) is 3.36. The van der Waals surface area contributed by atoms with Gasteiger partial charge in [-0.25, -0.2) is 0 Å². The fraction of sp³-hybridized carbons (Fsp3) is 0.500. The molecule has 0 saturated carbocycles. The van der Waals surface area contributed by atoms with Gasteiger partial charge >= 0.3 is 0 Å². The van der Waals surface area contributed by atoms with Crippen LogP contribution >= 0.6 is 0 Å². The Bertz CT molecular complexity index is 481. The Balaban J connectivity index is 2.40. The van der Waals surface area contributed by atoms with Gasteiger partial charge in [0.25, 0.3) is 0 Å². The number of piperidine rings is 1. The van der Waals surface area contributed by atoms with Crippen LogP contribution < -0.4 is 5.32 Å². The van der Waals surface area contributed by atoms with Crippen molar-refractivity contribution >= 4 is 11.8 Å². The largest absolute Gasteiger partial charge is 0.296 e. The third kappa shape index (κ3) is 2.86. The van der Waals surface area contributed by atoms with Crippen molar-refractivity contribution in [1.29, 1.82) is 0 Å². The zero-order valence-corrected chi connectivity index (χ0v) is 11.8. The standard InChI is InChI=1S/C16H21NO2/c1-11(2)9-16(3)10-13(18)17-15(19)14(16)12-7-5-4-6-8-12/h4-8,11,14H,9-10H2,1-3H3,(H,17,18,19). The molecule has 1 heterocycles. The number of carbonyl (C=O) groups is 2. The third-order valence-electron chi connectivity index (χ3n) is 3.79. The van der Waals surface area contributed by atoms with Crippen LogP contribution in [0.3, 0.4) is 0 Å². The van der Waals surface area contributed by atoms with Crippen molar-refractivity contribution in [2.45, 2.75) is 39.5 Å². The summed E-state index contributed by atoms with van der Waals surface area (Å²) in [5, 5.41) is 2.48. The molecule has 2 unspecified atom stereocenters. The van der Waals surface area contributed by atoms with Gasteiger partial charge in [0, 0.05) is 6.42 Å². The highest BCUT2D eigenvalue weighted by atomic mass is 16.2. The summed E-state index contributed by atoms with van der Waals surface area (Å²) in [6.45, 7) is 6.32. The Morgan fingerprint density at radius 1 is 1.26 bits per heavy atom. The number of hydrogen-bond donors (Lipinski definition) is 1. The SMILES string of the molecule is CC(C)CC1(C)CC(=O)NC(=O)C1c1ccccc1. The normalized spacial score (nSPS) is 27.5. The highest BCUT2D eigenvalue weighted by Crippen LogP contribution is 2.45. The van der Waals surface area contributed by atoms with Crippen molar-refractivity contribution < 1.29 is 9.59 Å². The maximum Gasteiger partial charge on any atom is 0.234 e. The summed E-state index contributed by atoms with van der Waals surface area (Å²) in [6.07, 6.45) is 1.28. The molecule has 0 aromatic heterocycles. The number of benzene rings is 1. The summed E-state index contributed by atoms with van der Waals surface area (Å²) in [5.74, 6) is -0.102. The van der Waals surface area contributed by atoms with E-state index < -0.39 is 0 Å². The first kappa shape index (κ1) is 13.8. The molecule has 1 fully saturated rings. The van der Waals surface area contributed by atoms with Crippen molar-refractivity contribution in [2.75, 3.05) is 0 Å². The lowest BCUT2D eigenvalue weighted by atomic mass is 9.65. The minimum Gasteiger partial charge on any atom is -0.296 e. The monoisotopic (exact) mass is 259 g/mol. The number of hydrogen-bond acceptors (Lipinski definition) is 2. The first-order valence-electron chi connectivity index (χ1n) is 6.81. The van der Waals surface area contributed by atoms with Crippen molar-refractivity contribution in [2.24, 2.45) is 11.3 Å². The van der Waals surface area contributed by atoms with Crippen LogP contribution in [0.2, 0.25) is 0 Å². The van der Waals surface area contributed by atoms with Crippen LogP contribution in [0, 0.1) is 11.3 Å². The van der Waals surface area contributed by atoms with Crippen molar-refractivity contribution in [3.63, 3.8) is 0 Å². The Hall–Kier alpha value is -1.64. The minimum absolute atomic E-state index is 0.152. The van der Waals surface area contributed by atoms with Crippen LogP contribution in [0.1, 0.15) is 45.1 Å². The van der Waals surface area contributed by atoms with Crippen molar-refractivity contribution in [3.05, 3.63) is 35.9 Å². The fourth-order valence-electron chi connectivity index (χ4n) is 3.36. The van der Waals surface area contributed by atoms with E-state index in [2.05, 4.69) is 26.1 Å². The van der Waals surface area contributed by atoms with Crippen LogP contribution in [-0.2, 0) is 9.59 Å². The molecule has 1 aromatic carbocycles. The molecule has 0 radical (unpaired) electrons. The van der Waals surface area contributed by atoms with E-state index in [1.165, 1.54) is 0 Å². The summed E-state index contributed by atoms with van der Waals surface area (Å²) in [6, 6.07) is 9.76. The molecule has 0 bridgehead atoms. The molecule has 0 spiro atoms. The number of imide groups is 1. The highest BCUT2D eigenvalue weighted by Gasteiger charge is 2.45. The highest BCUT2D eigenvalue weighted by molar-refractivity contribution is 6.02. The maximum absolute atomic E-state index is 12.3. The zero-order chi connectivity index (χ0) is 14.0. The molecule has 1 N–H and O–H groups in total. The molecule has 1 saturated heterocycles. The summed E-state index contributed by atoms with van der Waals surface area (Å²) in [7, 11) is 0. The molecule has 2 amide bonds. The third-order valence-corrected chi connectivity index (χ3v) is 3.79. The summed E-state index contributed by atoms with van der Waals surface area (Å²) in [4.78, 5) is 24.0. The molecular weight excluding hydrogens is 238 g/mol. The van der Waals surface area contributed by atoms with Crippen LogP contribution in [0.4, 0.5) is 0 Å². The smallest absolute Gasteiger partial charge is 0.234 e. The summed E-state index contributed by atoms with van der Waals surface area (Å²) < 4.78 is 0. The first-order chi connectivity index (χ1) is 8.92. The van der Waals surface area contributed by atoms with Gasteiger partial charge in [-0.05, 0) is 23.3 Å². The molecule has 2 atom stereocenters. The van der Waals surface area contributed by atoms with Crippen LogP contribution in [-0.4, -0.2) is 11.8 Å². The van der Waals surface area contributed by atoms with Crippen LogP contribution in [0.25, 0.3) is 0 Å². The van der Waals surface area contributed by atoms with E-state index in [1.807, 2.05) is 30.3 Å². The van der Waals surface area contributed by atoms with E-state index in [0.717, 1.165) is 12.0 Å². The molecule has 2 rings (SSSR count). The topological polar surface area (TPSA) is 46.2 Å². The molecule has 3 heteroatoms. The molecule has 102 valence electrons. The molecular formula is C16H21NO2. The van der Waals surface area contributed by atoms with E-state index >= 15 is 0 Å². The van der Waals surface area contributed by atoms with Gasteiger partial charge in [-0.15, -0.1) is 0 Å². The second-order valence-corrected chi connectivity index (χ2v) is 6.18. The van der Waals surface area contributed by atoms with Gasteiger partial charge in [0.1, 0.15) is 0 Å². The molecule has 0 aliphatic carbocycles. The lowest BCUT2D eigenvalue weighted by Gasteiger charge is -2.41. The van der Waals surface area contributed by atoms with E-state index in [4.69, 9.17) is 0 Å². The van der Waals surface area contributed by atoms with Crippen LogP contribution in [0.15, 0.2) is 30.3 Å². The minimum atomic E-state index is -0.297. The lowest BCUT2D eigenvalue weighted by Crippen LogP contribution is -2.50. The molecule has 1 aromatic rings. The average molecular weight is 259 g/mol. The van der Waals surface area contributed by atoms with Gasteiger partial charge < -0.3 is 0 Å². The van der Waals surface area contributed by atoms with Gasteiger partial charge in [-0.1, -0.05) is 51.1 Å². The molecule has 1 aliphatic heterocycles. The van der Waals surface area contributed by atoms with Gasteiger partial charge in [0.15, 0.2) is 0 Å². The Morgan fingerprint density at radius 2 is 1.89 bits per heavy atom. The molecule has 19 heavy (non-hydrogen) atoms. The second kappa shape index (κ2) is 5.16. The van der Waals surface area contributed by atoms with Crippen molar-refractivity contribution in [1.82, 2.24) is 5.32 Å². The van der Waals surface area contributed by atoms with Crippen molar-refractivity contribution in [3.8, 4) is 0 Å². The number of nitrogens with one attached hydrogen (secondary N) is 1. The zero-order valence-electron chi connectivity index (χ0n) is 11.8. The van der Waals surface area contributed by atoms with E-state index in [9.17, 15) is 9.59 Å². The van der Waals surface area contributed by atoms with E-state index in [-0.39, 0.29) is 23.1 Å². The summed E-state index contributed by atoms with van der Waals surface area (Å²) >= 11 is 0.